The molecule has 1 unspecified atom stereocenters. The summed E-state index contributed by atoms with van der Waals surface area (Å²) in [6.45, 7) is 7.56. The van der Waals surface area contributed by atoms with E-state index in [1.54, 1.807) is 0 Å². The molecule has 1 aliphatic rings. The number of carbonyl (C=O) groups is 1. The highest BCUT2D eigenvalue weighted by molar-refractivity contribution is 5.81. The molecule has 0 aromatic rings. The fourth-order valence-electron chi connectivity index (χ4n) is 2.52. The normalized spacial score (nSPS) is 18.1. The summed E-state index contributed by atoms with van der Waals surface area (Å²) in [6, 6.07) is -0.0956. The summed E-state index contributed by atoms with van der Waals surface area (Å²) < 4.78 is 0. The standard InChI is InChI=1S/C14H28N2O2/c1-3-4-8-15(11-12-17)13(2)14(18)16-9-6-5-7-10-16/h13,17H,3-12H2,1-2H3. The first-order valence-corrected chi connectivity index (χ1v) is 7.34. The largest absolute Gasteiger partial charge is 0.395 e. The molecule has 4 heteroatoms. The van der Waals surface area contributed by atoms with Crippen LogP contribution in [-0.4, -0.2) is 59.6 Å². The van der Waals surface area contributed by atoms with Crippen molar-refractivity contribution >= 4 is 5.91 Å². The Morgan fingerprint density at radius 1 is 1.28 bits per heavy atom. The maximum absolute atomic E-state index is 12.4. The van der Waals surface area contributed by atoms with Crippen molar-refractivity contribution in [1.29, 1.82) is 0 Å². The molecule has 1 saturated heterocycles. The predicted molar refractivity (Wildman–Crippen MR) is 73.5 cm³/mol. The highest BCUT2D eigenvalue weighted by Crippen LogP contribution is 2.12. The highest BCUT2D eigenvalue weighted by atomic mass is 16.3. The molecule has 0 aliphatic carbocycles. The quantitative estimate of drug-likeness (QED) is 0.750. The third kappa shape index (κ3) is 4.58. The molecule has 1 atom stereocenters. The Balaban J connectivity index is 2.50. The van der Waals surface area contributed by atoms with Gasteiger partial charge in [-0.05, 0) is 39.2 Å². The van der Waals surface area contributed by atoms with Crippen LogP contribution in [0.4, 0.5) is 0 Å². The molecule has 18 heavy (non-hydrogen) atoms. The van der Waals surface area contributed by atoms with Crippen LogP contribution < -0.4 is 0 Å². The molecular formula is C14H28N2O2. The first kappa shape index (κ1) is 15.4. The number of piperidine rings is 1. The molecule has 1 aliphatic heterocycles. The second-order valence-electron chi connectivity index (χ2n) is 5.18. The first-order chi connectivity index (χ1) is 8.70. The van der Waals surface area contributed by atoms with Crippen LogP contribution in [0.15, 0.2) is 0 Å². The number of unbranched alkanes of at least 4 members (excludes halogenated alkanes) is 1. The number of aliphatic hydroxyl groups is 1. The van der Waals surface area contributed by atoms with Crippen molar-refractivity contribution in [2.24, 2.45) is 0 Å². The Hall–Kier alpha value is -0.610. The third-order valence-corrected chi connectivity index (χ3v) is 3.76. The Morgan fingerprint density at radius 3 is 2.50 bits per heavy atom. The molecule has 0 radical (unpaired) electrons. The van der Waals surface area contributed by atoms with E-state index >= 15 is 0 Å². The molecule has 0 aromatic carbocycles. The fourth-order valence-corrected chi connectivity index (χ4v) is 2.52. The van der Waals surface area contributed by atoms with E-state index in [9.17, 15) is 4.79 Å². The zero-order valence-electron chi connectivity index (χ0n) is 11.9. The number of hydrogen-bond donors (Lipinski definition) is 1. The van der Waals surface area contributed by atoms with E-state index < -0.39 is 0 Å². The predicted octanol–water partition coefficient (Wildman–Crippen LogP) is 1.48. The van der Waals surface area contributed by atoms with Gasteiger partial charge in [0.2, 0.25) is 5.91 Å². The smallest absolute Gasteiger partial charge is 0.239 e. The Bertz CT molecular complexity index is 240. The van der Waals surface area contributed by atoms with Gasteiger partial charge in [-0.3, -0.25) is 9.69 Å². The monoisotopic (exact) mass is 256 g/mol. The second kappa shape index (κ2) is 8.48. The van der Waals surface area contributed by atoms with Gasteiger partial charge in [0.15, 0.2) is 0 Å². The number of nitrogens with zero attached hydrogens (tertiary/aromatic N) is 2. The number of aliphatic hydroxyl groups excluding tert-OH is 1. The summed E-state index contributed by atoms with van der Waals surface area (Å²) in [5, 5.41) is 9.11. The Kier molecular flexibility index (Phi) is 7.28. The van der Waals surface area contributed by atoms with E-state index in [0.29, 0.717) is 6.54 Å². The maximum Gasteiger partial charge on any atom is 0.239 e. The van der Waals surface area contributed by atoms with E-state index in [2.05, 4.69) is 11.8 Å². The number of carbonyl (C=O) groups excluding carboxylic acids is 1. The molecule has 4 nitrogen and oxygen atoms in total. The lowest BCUT2D eigenvalue weighted by molar-refractivity contribution is -0.137. The SMILES string of the molecule is CCCCN(CCO)C(C)C(=O)N1CCCCC1. The molecule has 0 saturated carbocycles. The summed E-state index contributed by atoms with van der Waals surface area (Å²) in [5.41, 5.74) is 0. The lowest BCUT2D eigenvalue weighted by Crippen LogP contribution is -2.49. The maximum atomic E-state index is 12.4. The number of rotatable bonds is 7. The summed E-state index contributed by atoms with van der Waals surface area (Å²) in [4.78, 5) is 16.5. The average Bonchev–Trinajstić information content (AvgIpc) is 2.43. The minimum atomic E-state index is -0.0956. The van der Waals surface area contributed by atoms with E-state index in [0.717, 1.165) is 45.3 Å². The Morgan fingerprint density at radius 2 is 1.94 bits per heavy atom. The summed E-state index contributed by atoms with van der Waals surface area (Å²) in [5.74, 6) is 0.235. The summed E-state index contributed by atoms with van der Waals surface area (Å²) >= 11 is 0. The molecule has 0 bridgehead atoms. The van der Waals surface area contributed by atoms with Gasteiger partial charge in [-0.25, -0.2) is 0 Å². The van der Waals surface area contributed by atoms with Crippen molar-refractivity contribution in [2.75, 3.05) is 32.8 Å². The van der Waals surface area contributed by atoms with Crippen molar-refractivity contribution in [3.8, 4) is 0 Å². The van der Waals surface area contributed by atoms with Gasteiger partial charge in [-0.1, -0.05) is 13.3 Å². The minimum Gasteiger partial charge on any atom is -0.395 e. The van der Waals surface area contributed by atoms with Crippen LogP contribution in [0.3, 0.4) is 0 Å². The van der Waals surface area contributed by atoms with Gasteiger partial charge in [-0.15, -0.1) is 0 Å². The Labute approximate surface area is 111 Å². The number of likely N-dealkylation sites (tertiary alicyclic amines) is 1. The van der Waals surface area contributed by atoms with Gasteiger partial charge in [0.1, 0.15) is 0 Å². The van der Waals surface area contributed by atoms with Crippen LogP contribution >= 0.6 is 0 Å². The van der Waals surface area contributed by atoms with Crippen molar-refractivity contribution in [2.45, 2.75) is 52.0 Å². The number of hydrogen-bond acceptors (Lipinski definition) is 3. The molecule has 1 N–H and O–H groups in total. The summed E-state index contributed by atoms with van der Waals surface area (Å²) in [7, 11) is 0. The van der Waals surface area contributed by atoms with Crippen molar-refractivity contribution in [3.63, 3.8) is 0 Å². The topological polar surface area (TPSA) is 43.8 Å². The van der Waals surface area contributed by atoms with Gasteiger partial charge >= 0.3 is 0 Å². The molecule has 1 heterocycles. The second-order valence-corrected chi connectivity index (χ2v) is 5.18. The third-order valence-electron chi connectivity index (χ3n) is 3.76. The van der Waals surface area contributed by atoms with Gasteiger partial charge in [0.05, 0.1) is 12.6 Å². The zero-order chi connectivity index (χ0) is 13.4. The molecule has 0 aromatic heterocycles. The lowest BCUT2D eigenvalue weighted by atomic mass is 10.1. The molecule has 106 valence electrons. The van der Waals surface area contributed by atoms with E-state index in [1.807, 2.05) is 11.8 Å². The molecular weight excluding hydrogens is 228 g/mol. The van der Waals surface area contributed by atoms with E-state index in [-0.39, 0.29) is 18.6 Å². The fraction of sp³-hybridized carbons (Fsp3) is 0.929. The van der Waals surface area contributed by atoms with Crippen LogP contribution in [-0.2, 0) is 4.79 Å². The summed E-state index contributed by atoms with van der Waals surface area (Å²) in [6.07, 6.45) is 5.71. The van der Waals surface area contributed by atoms with E-state index in [4.69, 9.17) is 5.11 Å². The molecule has 1 rings (SSSR count). The molecule has 1 amide bonds. The molecule has 1 fully saturated rings. The van der Waals surface area contributed by atoms with Crippen molar-refractivity contribution in [1.82, 2.24) is 9.80 Å². The minimum absolute atomic E-state index is 0.0956. The van der Waals surface area contributed by atoms with Crippen LogP contribution in [0.2, 0.25) is 0 Å². The average molecular weight is 256 g/mol. The lowest BCUT2D eigenvalue weighted by Gasteiger charge is -2.34. The molecule has 0 spiro atoms. The van der Waals surface area contributed by atoms with Gasteiger partial charge in [-0.2, -0.15) is 0 Å². The van der Waals surface area contributed by atoms with Crippen LogP contribution in [0, 0.1) is 0 Å². The van der Waals surface area contributed by atoms with Gasteiger partial charge in [0, 0.05) is 19.6 Å². The van der Waals surface area contributed by atoms with Crippen molar-refractivity contribution < 1.29 is 9.90 Å². The zero-order valence-corrected chi connectivity index (χ0v) is 11.9. The highest BCUT2D eigenvalue weighted by Gasteiger charge is 2.26. The van der Waals surface area contributed by atoms with Crippen LogP contribution in [0.25, 0.3) is 0 Å². The van der Waals surface area contributed by atoms with Crippen LogP contribution in [0.5, 0.6) is 0 Å². The van der Waals surface area contributed by atoms with E-state index in [1.165, 1.54) is 6.42 Å². The van der Waals surface area contributed by atoms with Crippen LogP contribution in [0.1, 0.15) is 46.0 Å². The van der Waals surface area contributed by atoms with Gasteiger partial charge < -0.3 is 10.0 Å². The number of amides is 1. The van der Waals surface area contributed by atoms with Gasteiger partial charge in [0.25, 0.3) is 0 Å². The first-order valence-electron chi connectivity index (χ1n) is 7.34. The van der Waals surface area contributed by atoms with Crippen molar-refractivity contribution in [3.05, 3.63) is 0 Å².